The van der Waals surface area contributed by atoms with Crippen LogP contribution in [-0.4, -0.2) is 62.8 Å². The molecule has 8 nitrogen and oxygen atoms in total. The summed E-state index contributed by atoms with van der Waals surface area (Å²) in [4.78, 5) is 17.0. The third-order valence-electron chi connectivity index (χ3n) is 5.73. The molecule has 30 heavy (non-hydrogen) atoms. The summed E-state index contributed by atoms with van der Waals surface area (Å²) in [5, 5.41) is 16.6. The minimum Gasteiger partial charge on any atom is -0.352 e. The van der Waals surface area contributed by atoms with Gasteiger partial charge in [0.2, 0.25) is 5.91 Å². The first-order chi connectivity index (χ1) is 14.7. The number of piperazine rings is 1. The Morgan fingerprint density at radius 2 is 1.97 bits per heavy atom. The molecule has 2 aliphatic rings. The summed E-state index contributed by atoms with van der Waals surface area (Å²) >= 11 is 6.33. The topological polar surface area (TPSA) is 78.7 Å². The minimum atomic E-state index is 0.153. The molecule has 9 heteroatoms. The Hall–Kier alpha value is -2.71. The molecule has 0 spiro atoms. The van der Waals surface area contributed by atoms with E-state index in [0.717, 1.165) is 47.2 Å². The van der Waals surface area contributed by atoms with E-state index in [9.17, 15) is 4.79 Å². The highest BCUT2D eigenvalue weighted by Gasteiger charge is 2.23. The van der Waals surface area contributed by atoms with Crippen LogP contribution in [0.25, 0.3) is 5.65 Å². The van der Waals surface area contributed by atoms with E-state index in [2.05, 4.69) is 31.6 Å². The van der Waals surface area contributed by atoms with Gasteiger partial charge in [-0.05, 0) is 42.2 Å². The predicted octanol–water partition coefficient (Wildman–Crippen LogP) is 1.92. The number of nitrogens with one attached hydrogen (secondary N) is 1. The van der Waals surface area contributed by atoms with E-state index in [4.69, 9.17) is 11.6 Å². The summed E-state index contributed by atoms with van der Waals surface area (Å²) in [5.41, 5.74) is 2.80. The number of benzene rings is 1. The van der Waals surface area contributed by atoms with E-state index >= 15 is 0 Å². The van der Waals surface area contributed by atoms with Crippen molar-refractivity contribution in [3.63, 3.8) is 0 Å². The molecule has 1 N–H and O–H groups in total. The second-order valence-electron chi connectivity index (χ2n) is 7.95. The molecule has 1 aliphatic carbocycles. The van der Waals surface area contributed by atoms with Crippen molar-refractivity contribution in [1.29, 1.82) is 0 Å². The van der Waals surface area contributed by atoms with E-state index in [1.54, 1.807) is 10.8 Å². The fourth-order valence-corrected chi connectivity index (χ4v) is 3.96. The first kappa shape index (κ1) is 19.3. The molecular weight excluding hydrogens is 402 g/mol. The lowest BCUT2D eigenvalue weighted by Crippen LogP contribution is -2.49. The molecule has 0 bridgehead atoms. The fraction of sp³-hybridized carbons (Fsp3) is 0.429. The monoisotopic (exact) mass is 425 g/mol. The van der Waals surface area contributed by atoms with Crippen molar-refractivity contribution in [2.45, 2.75) is 31.8 Å². The first-order valence-corrected chi connectivity index (χ1v) is 10.7. The van der Waals surface area contributed by atoms with Crippen LogP contribution < -0.4 is 10.2 Å². The number of anilines is 1. The van der Waals surface area contributed by atoms with E-state index in [0.29, 0.717) is 25.6 Å². The maximum Gasteiger partial charge on any atom is 0.227 e. The highest BCUT2D eigenvalue weighted by atomic mass is 35.5. The van der Waals surface area contributed by atoms with Crippen LogP contribution in [0.4, 0.5) is 5.82 Å². The van der Waals surface area contributed by atoms with Gasteiger partial charge in [-0.25, -0.2) is 0 Å². The fourth-order valence-electron chi connectivity index (χ4n) is 3.77. The smallest absolute Gasteiger partial charge is 0.227 e. The van der Waals surface area contributed by atoms with Gasteiger partial charge < -0.3 is 15.1 Å². The van der Waals surface area contributed by atoms with Gasteiger partial charge >= 0.3 is 0 Å². The number of carbonyl (C=O) groups excluding carboxylic acids is 1. The number of nitrogens with zero attached hydrogens (tertiary/aromatic N) is 6. The van der Waals surface area contributed by atoms with Crippen LogP contribution in [0.2, 0.25) is 5.02 Å². The van der Waals surface area contributed by atoms with Crippen molar-refractivity contribution >= 4 is 29.0 Å². The maximum atomic E-state index is 12.8. The van der Waals surface area contributed by atoms with Crippen LogP contribution in [0.5, 0.6) is 0 Å². The summed E-state index contributed by atoms with van der Waals surface area (Å²) in [6.07, 6.45) is 4.48. The zero-order valence-electron chi connectivity index (χ0n) is 16.7. The van der Waals surface area contributed by atoms with E-state index in [1.165, 1.54) is 12.8 Å². The van der Waals surface area contributed by atoms with E-state index < -0.39 is 0 Å². The summed E-state index contributed by atoms with van der Waals surface area (Å²) in [6.45, 7) is 3.63. The van der Waals surface area contributed by atoms with Crippen LogP contribution in [0.1, 0.15) is 24.0 Å². The SMILES string of the molecule is O=C(Cc1ccc(Cl)c(CNC2CC2)c1)N1CCN(c2ccc3nncn3n2)CC1. The van der Waals surface area contributed by atoms with Gasteiger partial charge in [-0.15, -0.1) is 15.3 Å². The largest absolute Gasteiger partial charge is 0.352 e. The molecule has 2 aromatic heterocycles. The molecule has 1 saturated heterocycles. The number of halogens is 1. The molecule has 2 fully saturated rings. The molecule has 0 radical (unpaired) electrons. The number of hydrogen-bond acceptors (Lipinski definition) is 6. The van der Waals surface area contributed by atoms with Gasteiger partial charge in [0.05, 0.1) is 6.42 Å². The number of carbonyl (C=O) groups is 1. The lowest BCUT2D eigenvalue weighted by molar-refractivity contribution is -0.130. The van der Waals surface area contributed by atoms with Gasteiger partial charge in [0.1, 0.15) is 12.1 Å². The number of hydrogen-bond donors (Lipinski definition) is 1. The van der Waals surface area contributed by atoms with Crippen molar-refractivity contribution in [3.05, 3.63) is 52.8 Å². The van der Waals surface area contributed by atoms with Crippen LogP contribution in [0, 0.1) is 0 Å². The third kappa shape index (κ3) is 4.24. The summed E-state index contributed by atoms with van der Waals surface area (Å²) in [7, 11) is 0. The van der Waals surface area contributed by atoms with Crippen LogP contribution in [-0.2, 0) is 17.8 Å². The molecule has 3 aromatic rings. The second-order valence-corrected chi connectivity index (χ2v) is 8.36. The molecule has 3 heterocycles. The lowest BCUT2D eigenvalue weighted by atomic mass is 10.1. The van der Waals surface area contributed by atoms with Gasteiger partial charge in [0.15, 0.2) is 5.65 Å². The highest BCUT2D eigenvalue weighted by molar-refractivity contribution is 6.31. The first-order valence-electron chi connectivity index (χ1n) is 10.4. The van der Waals surface area contributed by atoms with Gasteiger partial charge in [0, 0.05) is 43.8 Å². The van der Waals surface area contributed by atoms with Crippen LogP contribution in [0.3, 0.4) is 0 Å². The third-order valence-corrected chi connectivity index (χ3v) is 6.10. The minimum absolute atomic E-state index is 0.153. The molecule has 0 atom stereocenters. The van der Waals surface area contributed by atoms with Gasteiger partial charge in [0.25, 0.3) is 0 Å². The molecule has 156 valence electrons. The summed E-state index contributed by atoms with van der Waals surface area (Å²) in [6, 6.07) is 10.4. The average Bonchev–Trinajstić information content (AvgIpc) is 3.48. The number of fused-ring (bicyclic) bond motifs is 1. The van der Waals surface area contributed by atoms with Crippen LogP contribution >= 0.6 is 11.6 Å². The zero-order chi connectivity index (χ0) is 20.5. The molecule has 1 saturated carbocycles. The van der Waals surface area contributed by atoms with Crippen molar-refractivity contribution in [2.24, 2.45) is 0 Å². The van der Waals surface area contributed by atoms with Crippen molar-refractivity contribution < 1.29 is 4.79 Å². The molecule has 0 unspecified atom stereocenters. The summed E-state index contributed by atoms with van der Waals surface area (Å²) < 4.78 is 1.67. The van der Waals surface area contributed by atoms with Crippen molar-refractivity contribution in [2.75, 3.05) is 31.1 Å². The van der Waals surface area contributed by atoms with E-state index in [-0.39, 0.29) is 5.91 Å². The Kier molecular flexibility index (Phi) is 5.26. The van der Waals surface area contributed by atoms with Crippen molar-refractivity contribution in [3.8, 4) is 0 Å². The lowest BCUT2D eigenvalue weighted by Gasteiger charge is -2.35. The Labute approximate surface area is 179 Å². The Bertz CT molecular complexity index is 1060. The Morgan fingerprint density at radius 3 is 2.77 bits per heavy atom. The molecule has 1 aromatic carbocycles. The highest BCUT2D eigenvalue weighted by Crippen LogP contribution is 2.23. The maximum absolute atomic E-state index is 12.8. The summed E-state index contributed by atoms with van der Waals surface area (Å²) in [5.74, 6) is 1.03. The molecular formula is C21H24ClN7O. The number of aromatic nitrogens is 4. The normalized spacial score (nSPS) is 17.0. The standard InChI is InChI=1S/C21H24ClN7O/c22-18-4-1-15(11-16(18)13-23-17-2-3-17)12-21(30)28-9-7-27(8-10-28)20-6-5-19-25-24-14-29(19)26-20/h1,4-6,11,14,17,23H,2-3,7-10,12-13H2. The Balaban J connectivity index is 1.18. The molecule has 1 amide bonds. The van der Waals surface area contributed by atoms with E-state index in [1.807, 2.05) is 29.2 Å². The number of amides is 1. The zero-order valence-corrected chi connectivity index (χ0v) is 17.4. The molecule has 1 aliphatic heterocycles. The van der Waals surface area contributed by atoms with Gasteiger partial charge in [-0.3, -0.25) is 4.79 Å². The quantitative estimate of drug-likeness (QED) is 0.650. The average molecular weight is 426 g/mol. The van der Waals surface area contributed by atoms with Crippen molar-refractivity contribution in [1.82, 2.24) is 30.0 Å². The van der Waals surface area contributed by atoms with Gasteiger partial charge in [-0.1, -0.05) is 23.7 Å². The predicted molar refractivity (Wildman–Crippen MR) is 115 cm³/mol. The van der Waals surface area contributed by atoms with Crippen LogP contribution in [0.15, 0.2) is 36.7 Å². The number of rotatable bonds is 6. The van der Waals surface area contributed by atoms with Gasteiger partial charge in [-0.2, -0.15) is 4.52 Å². The second kappa shape index (κ2) is 8.20. The molecule has 5 rings (SSSR count). The Morgan fingerprint density at radius 1 is 1.13 bits per heavy atom.